The first-order chi connectivity index (χ1) is 7.29. The molecule has 0 aromatic rings. The lowest BCUT2D eigenvalue weighted by atomic mass is 9.64. The second kappa shape index (κ2) is 5.05. The first kappa shape index (κ1) is 11.7. The predicted octanol–water partition coefficient (Wildman–Crippen LogP) is 4.13. The first-order valence-electron chi connectivity index (χ1n) is 6.55. The molecule has 0 N–H and O–H groups in total. The molecular weight excluding hydrogens is 208 g/mol. The molecule has 2 aliphatic rings. The Hall–Kier alpha value is 0.250. The molecule has 2 rings (SSSR count). The molecule has 0 heterocycles. The Bertz CT molecular complexity index is 199. The van der Waals surface area contributed by atoms with E-state index in [1.165, 1.54) is 44.9 Å². The summed E-state index contributed by atoms with van der Waals surface area (Å²) in [5, 5.41) is 0.399. The molecule has 0 aromatic carbocycles. The fraction of sp³-hybridized carbons (Fsp3) is 1.00. The standard InChI is InChI=1S/C13H23ClO/c1-2-3-6-9-15-12-10-11(14)13(12)7-4-5-8-13/h11-12H,2-10H2,1H3. The summed E-state index contributed by atoms with van der Waals surface area (Å²) in [5.41, 5.74) is 0.383. The molecule has 2 unspecified atom stereocenters. The van der Waals surface area contributed by atoms with Crippen LogP contribution in [0.5, 0.6) is 0 Å². The Labute approximate surface area is 98.5 Å². The van der Waals surface area contributed by atoms with E-state index in [-0.39, 0.29) is 0 Å². The highest BCUT2D eigenvalue weighted by Gasteiger charge is 2.55. The molecule has 0 saturated heterocycles. The maximum Gasteiger partial charge on any atom is 0.0659 e. The van der Waals surface area contributed by atoms with Crippen molar-refractivity contribution < 1.29 is 4.74 Å². The number of hydrogen-bond donors (Lipinski definition) is 0. The quantitative estimate of drug-likeness (QED) is 0.510. The largest absolute Gasteiger partial charge is 0.378 e. The van der Waals surface area contributed by atoms with Crippen molar-refractivity contribution >= 4 is 11.6 Å². The van der Waals surface area contributed by atoms with Gasteiger partial charge in [-0.3, -0.25) is 0 Å². The van der Waals surface area contributed by atoms with Crippen molar-refractivity contribution in [1.29, 1.82) is 0 Å². The third-order valence-corrected chi connectivity index (χ3v) is 4.90. The van der Waals surface area contributed by atoms with Crippen LogP contribution in [-0.2, 0) is 4.74 Å². The van der Waals surface area contributed by atoms with Gasteiger partial charge in [-0.2, -0.15) is 0 Å². The van der Waals surface area contributed by atoms with Gasteiger partial charge in [-0.15, -0.1) is 11.6 Å². The number of ether oxygens (including phenoxy) is 1. The summed E-state index contributed by atoms with van der Waals surface area (Å²) in [6.45, 7) is 3.18. The molecule has 88 valence electrons. The van der Waals surface area contributed by atoms with Gasteiger partial charge in [-0.05, 0) is 25.7 Å². The van der Waals surface area contributed by atoms with Gasteiger partial charge in [-0.1, -0.05) is 32.6 Å². The Morgan fingerprint density at radius 3 is 2.60 bits per heavy atom. The lowest BCUT2D eigenvalue weighted by molar-refractivity contribution is -0.105. The number of halogens is 1. The van der Waals surface area contributed by atoms with Crippen LogP contribution in [0, 0.1) is 5.41 Å². The van der Waals surface area contributed by atoms with Gasteiger partial charge in [0.25, 0.3) is 0 Å². The van der Waals surface area contributed by atoms with Gasteiger partial charge >= 0.3 is 0 Å². The van der Waals surface area contributed by atoms with Crippen molar-refractivity contribution in [1.82, 2.24) is 0 Å². The highest BCUT2D eigenvalue weighted by Crippen LogP contribution is 2.57. The van der Waals surface area contributed by atoms with Crippen LogP contribution in [0.2, 0.25) is 0 Å². The van der Waals surface area contributed by atoms with E-state index >= 15 is 0 Å². The SMILES string of the molecule is CCCCCOC1CC(Cl)C12CCCC2. The molecule has 2 saturated carbocycles. The molecule has 0 radical (unpaired) electrons. The summed E-state index contributed by atoms with van der Waals surface area (Å²) < 4.78 is 6.00. The molecule has 2 fully saturated rings. The van der Waals surface area contributed by atoms with Crippen LogP contribution in [0.15, 0.2) is 0 Å². The average molecular weight is 231 g/mol. The van der Waals surface area contributed by atoms with Gasteiger partial charge < -0.3 is 4.74 Å². The van der Waals surface area contributed by atoms with Crippen LogP contribution in [0.4, 0.5) is 0 Å². The van der Waals surface area contributed by atoms with E-state index in [1.54, 1.807) is 0 Å². The molecule has 2 atom stereocenters. The fourth-order valence-corrected chi connectivity index (χ4v) is 3.70. The van der Waals surface area contributed by atoms with Crippen LogP contribution in [0.3, 0.4) is 0 Å². The lowest BCUT2D eigenvalue weighted by Gasteiger charge is -2.51. The van der Waals surface area contributed by atoms with Crippen molar-refractivity contribution in [2.24, 2.45) is 5.41 Å². The molecule has 0 aromatic heterocycles. The average Bonchev–Trinajstić information content (AvgIpc) is 2.74. The molecule has 0 aliphatic heterocycles. The van der Waals surface area contributed by atoms with E-state index in [2.05, 4.69) is 6.92 Å². The number of hydrogen-bond acceptors (Lipinski definition) is 1. The molecular formula is C13H23ClO. The smallest absolute Gasteiger partial charge is 0.0659 e. The van der Waals surface area contributed by atoms with Gasteiger partial charge in [0.15, 0.2) is 0 Å². The maximum atomic E-state index is 6.37. The number of alkyl halides is 1. The highest BCUT2D eigenvalue weighted by molar-refractivity contribution is 6.21. The third kappa shape index (κ3) is 2.19. The molecule has 1 spiro atoms. The van der Waals surface area contributed by atoms with Gasteiger partial charge in [0, 0.05) is 17.4 Å². The monoisotopic (exact) mass is 230 g/mol. The maximum absolute atomic E-state index is 6.37. The van der Waals surface area contributed by atoms with E-state index in [0.29, 0.717) is 16.9 Å². The molecule has 1 nitrogen and oxygen atoms in total. The minimum Gasteiger partial charge on any atom is -0.378 e. The van der Waals surface area contributed by atoms with Gasteiger partial charge in [0.05, 0.1) is 6.10 Å². The summed E-state index contributed by atoms with van der Waals surface area (Å²) in [5.74, 6) is 0. The Morgan fingerprint density at radius 2 is 2.00 bits per heavy atom. The van der Waals surface area contributed by atoms with E-state index in [4.69, 9.17) is 16.3 Å². The second-order valence-electron chi connectivity index (χ2n) is 5.21. The van der Waals surface area contributed by atoms with Crippen molar-refractivity contribution in [3.63, 3.8) is 0 Å². The molecule has 0 bridgehead atoms. The summed E-state index contributed by atoms with van der Waals surface area (Å²) in [4.78, 5) is 0. The molecule has 2 heteroatoms. The highest BCUT2D eigenvalue weighted by atomic mass is 35.5. The Balaban J connectivity index is 1.74. The fourth-order valence-electron chi connectivity index (χ4n) is 3.18. The summed E-state index contributed by atoms with van der Waals surface area (Å²) in [6.07, 6.45) is 10.7. The van der Waals surface area contributed by atoms with Crippen molar-refractivity contribution in [2.75, 3.05) is 6.61 Å². The van der Waals surface area contributed by atoms with E-state index in [9.17, 15) is 0 Å². The zero-order valence-electron chi connectivity index (χ0n) is 9.80. The van der Waals surface area contributed by atoms with Crippen LogP contribution in [0.25, 0.3) is 0 Å². The predicted molar refractivity (Wildman–Crippen MR) is 64.4 cm³/mol. The normalized spacial score (nSPS) is 33.2. The van der Waals surface area contributed by atoms with Gasteiger partial charge in [0.2, 0.25) is 0 Å². The van der Waals surface area contributed by atoms with E-state index in [0.717, 1.165) is 13.0 Å². The molecule has 2 aliphatic carbocycles. The lowest BCUT2D eigenvalue weighted by Crippen LogP contribution is -2.54. The molecule has 0 amide bonds. The van der Waals surface area contributed by atoms with Gasteiger partial charge in [0.1, 0.15) is 0 Å². The first-order valence-corrected chi connectivity index (χ1v) is 6.99. The number of rotatable bonds is 5. The van der Waals surface area contributed by atoms with Gasteiger partial charge in [-0.25, -0.2) is 0 Å². The van der Waals surface area contributed by atoms with Crippen molar-refractivity contribution in [3.05, 3.63) is 0 Å². The van der Waals surface area contributed by atoms with E-state index in [1.807, 2.05) is 0 Å². The minimum atomic E-state index is 0.383. The van der Waals surface area contributed by atoms with E-state index < -0.39 is 0 Å². The van der Waals surface area contributed by atoms with Crippen molar-refractivity contribution in [3.8, 4) is 0 Å². The Morgan fingerprint density at radius 1 is 1.27 bits per heavy atom. The summed E-state index contributed by atoms with van der Waals surface area (Å²) >= 11 is 6.37. The zero-order valence-corrected chi connectivity index (χ0v) is 10.6. The third-order valence-electron chi connectivity index (χ3n) is 4.29. The second-order valence-corrected chi connectivity index (χ2v) is 5.74. The van der Waals surface area contributed by atoms with Crippen LogP contribution < -0.4 is 0 Å². The van der Waals surface area contributed by atoms with Crippen molar-refractivity contribution in [2.45, 2.75) is 69.8 Å². The van der Waals surface area contributed by atoms with Crippen LogP contribution in [0.1, 0.15) is 58.3 Å². The zero-order chi connectivity index (χ0) is 10.7. The number of unbranched alkanes of at least 4 members (excludes halogenated alkanes) is 2. The summed E-state index contributed by atoms with van der Waals surface area (Å²) in [7, 11) is 0. The topological polar surface area (TPSA) is 9.23 Å². The molecule has 15 heavy (non-hydrogen) atoms. The Kier molecular flexibility index (Phi) is 3.95. The summed E-state index contributed by atoms with van der Waals surface area (Å²) in [6, 6.07) is 0. The van der Waals surface area contributed by atoms with Crippen LogP contribution in [-0.4, -0.2) is 18.1 Å². The van der Waals surface area contributed by atoms with Crippen LogP contribution >= 0.6 is 11.6 Å². The minimum absolute atomic E-state index is 0.383.